The SMILES string of the molecule is O[C@@H]1CCCOc2c(Br)cc(Br)cc21. The highest BCUT2D eigenvalue weighted by Crippen LogP contribution is 2.39. The van der Waals surface area contributed by atoms with Gasteiger partial charge in [0, 0.05) is 10.0 Å². The van der Waals surface area contributed by atoms with Crippen molar-refractivity contribution in [3.8, 4) is 5.75 Å². The van der Waals surface area contributed by atoms with Crippen LogP contribution in [0.5, 0.6) is 5.75 Å². The van der Waals surface area contributed by atoms with E-state index < -0.39 is 6.10 Å². The number of rotatable bonds is 0. The number of aliphatic hydroxyl groups is 1. The first-order valence-electron chi connectivity index (χ1n) is 4.48. The first-order chi connectivity index (χ1) is 6.68. The van der Waals surface area contributed by atoms with Gasteiger partial charge >= 0.3 is 0 Å². The molecule has 2 rings (SSSR count). The van der Waals surface area contributed by atoms with Crippen LogP contribution >= 0.6 is 31.9 Å². The molecule has 0 aliphatic carbocycles. The van der Waals surface area contributed by atoms with Gasteiger partial charge in [0.2, 0.25) is 0 Å². The molecule has 76 valence electrons. The molecular formula is C10H10Br2O2. The minimum absolute atomic E-state index is 0.415. The quantitative estimate of drug-likeness (QED) is 0.793. The second-order valence-electron chi connectivity index (χ2n) is 3.31. The number of aliphatic hydroxyl groups excluding tert-OH is 1. The normalized spacial score (nSPS) is 20.9. The number of benzene rings is 1. The zero-order valence-corrected chi connectivity index (χ0v) is 10.6. The average molecular weight is 322 g/mol. The van der Waals surface area contributed by atoms with Crippen LogP contribution in [-0.2, 0) is 0 Å². The van der Waals surface area contributed by atoms with Crippen LogP contribution in [0.25, 0.3) is 0 Å². The molecule has 1 N–H and O–H groups in total. The van der Waals surface area contributed by atoms with Crippen LogP contribution < -0.4 is 4.74 Å². The van der Waals surface area contributed by atoms with E-state index in [1.807, 2.05) is 12.1 Å². The average Bonchev–Trinajstić information content (AvgIpc) is 2.29. The molecule has 4 heteroatoms. The van der Waals surface area contributed by atoms with Crippen LogP contribution in [0.15, 0.2) is 21.1 Å². The standard InChI is InChI=1S/C10H10Br2O2/c11-6-4-7-9(13)2-1-3-14-10(7)8(12)5-6/h4-5,9,13H,1-3H2/t9-/m1/s1. The van der Waals surface area contributed by atoms with Crippen LogP contribution in [0.3, 0.4) is 0 Å². The van der Waals surface area contributed by atoms with Crippen molar-refractivity contribution < 1.29 is 9.84 Å². The van der Waals surface area contributed by atoms with Gasteiger partial charge < -0.3 is 9.84 Å². The highest BCUT2D eigenvalue weighted by atomic mass is 79.9. The van der Waals surface area contributed by atoms with E-state index in [0.717, 1.165) is 33.1 Å². The van der Waals surface area contributed by atoms with Crippen molar-refractivity contribution >= 4 is 31.9 Å². The molecule has 1 aromatic carbocycles. The van der Waals surface area contributed by atoms with Gasteiger partial charge in [-0.3, -0.25) is 0 Å². The van der Waals surface area contributed by atoms with E-state index in [2.05, 4.69) is 31.9 Å². The number of hydrogen-bond donors (Lipinski definition) is 1. The molecule has 2 nitrogen and oxygen atoms in total. The van der Waals surface area contributed by atoms with Gasteiger partial charge in [-0.2, -0.15) is 0 Å². The smallest absolute Gasteiger partial charge is 0.139 e. The van der Waals surface area contributed by atoms with E-state index in [1.165, 1.54) is 0 Å². The minimum atomic E-state index is -0.415. The summed E-state index contributed by atoms with van der Waals surface area (Å²) in [6, 6.07) is 3.84. The van der Waals surface area contributed by atoms with Gasteiger partial charge in [-0.1, -0.05) is 15.9 Å². The number of fused-ring (bicyclic) bond motifs is 1. The Balaban J connectivity index is 2.53. The summed E-state index contributed by atoms with van der Waals surface area (Å²) in [5, 5.41) is 9.87. The molecule has 14 heavy (non-hydrogen) atoms. The van der Waals surface area contributed by atoms with E-state index in [9.17, 15) is 5.11 Å². The maximum atomic E-state index is 9.87. The third-order valence-electron chi connectivity index (χ3n) is 2.26. The molecule has 0 aromatic heterocycles. The van der Waals surface area contributed by atoms with Crippen LogP contribution in [-0.4, -0.2) is 11.7 Å². The van der Waals surface area contributed by atoms with Crippen LogP contribution in [0.1, 0.15) is 24.5 Å². The summed E-state index contributed by atoms with van der Waals surface area (Å²) in [6.45, 7) is 0.671. The molecule has 0 amide bonds. The lowest BCUT2D eigenvalue weighted by Crippen LogP contribution is -1.97. The fourth-order valence-corrected chi connectivity index (χ4v) is 2.96. The molecule has 0 saturated carbocycles. The van der Waals surface area contributed by atoms with E-state index in [-0.39, 0.29) is 0 Å². The zero-order valence-electron chi connectivity index (χ0n) is 7.46. The molecule has 1 aliphatic rings. The van der Waals surface area contributed by atoms with Crippen molar-refractivity contribution in [2.24, 2.45) is 0 Å². The van der Waals surface area contributed by atoms with Gasteiger partial charge in [-0.05, 0) is 40.9 Å². The highest BCUT2D eigenvalue weighted by Gasteiger charge is 2.20. The van der Waals surface area contributed by atoms with Crippen LogP contribution in [0, 0.1) is 0 Å². The second-order valence-corrected chi connectivity index (χ2v) is 5.08. The Morgan fingerprint density at radius 1 is 1.36 bits per heavy atom. The number of hydrogen-bond acceptors (Lipinski definition) is 2. The van der Waals surface area contributed by atoms with Crippen molar-refractivity contribution in [1.82, 2.24) is 0 Å². The molecule has 0 fully saturated rings. The summed E-state index contributed by atoms with van der Waals surface area (Å²) in [5.74, 6) is 0.776. The van der Waals surface area contributed by atoms with Crippen molar-refractivity contribution in [2.75, 3.05) is 6.61 Å². The van der Waals surface area contributed by atoms with Crippen LogP contribution in [0.4, 0.5) is 0 Å². The van der Waals surface area contributed by atoms with Gasteiger partial charge in [-0.15, -0.1) is 0 Å². The summed E-state index contributed by atoms with van der Waals surface area (Å²) in [4.78, 5) is 0. The molecule has 1 aliphatic heterocycles. The summed E-state index contributed by atoms with van der Waals surface area (Å²) in [7, 11) is 0. The lowest BCUT2D eigenvalue weighted by molar-refractivity contribution is 0.167. The van der Waals surface area contributed by atoms with Crippen LogP contribution in [0.2, 0.25) is 0 Å². The lowest BCUT2D eigenvalue weighted by atomic mass is 10.1. The van der Waals surface area contributed by atoms with Gasteiger partial charge in [0.15, 0.2) is 0 Å². The highest BCUT2D eigenvalue weighted by molar-refractivity contribution is 9.11. The Hall–Kier alpha value is -0.0600. The van der Waals surface area contributed by atoms with E-state index in [0.29, 0.717) is 6.61 Å². The van der Waals surface area contributed by atoms with Crippen molar-refractivity contribution in [1.29, 1.82) is 0 Å². The first-order valence-corrected chi connectivity index (χ1v) is 6.07. The molecular weight excluding hydrogens is 312 g/mol. The molecule has 1 atom stereocenters. The minimum Gasteiger partial charge on any atom is -0.492 e. The fourth-order valence-electron chi connectivity index (χ4n) is 1.59. The Morgan fingerprint density at radius 3 is 2.93 bits per heavy atom. The summed E-state index contributed by atoms with van der Waals surface area (Å²) in [5.41, 5.74) is 0.865. The van der Waals surface area contributed by atoms with Crippen molar-refractivity contribution in [2.45, 2.75) is 18.9 Å². The van der Waals surface area contributed by atoms with Gasteiger partial charge in [-0.25, -0.2) is 0 Å². The maximum Gasteiger partial charge on any atom is 0.139 e. The third kappa shape index (κ3) is 1.97. The molecule has 0 unspecified atom stereocenters. The summed E-state index contributed by atoms with van der Waals surface area (Å²) < 4.78 is 7.42. The van der Waals surface area contributed by atoms with E-state index in [4.69, 9.17) is 4.74 Å². The largest absolute Gasteiger partial charge is 0.492 e. The molecule has 0 radical (unpaired) electrons. The summed E-state index contributed by atoms with van der Waals surface area (Å²) >= 11 is 6.83. The predicted molar refractivity (Wildman–Crippen MR) is 61.5 cm³/mol. The van der Waals surface area contributed by atoms with E-state index >= 15 is 0 Å². The Kier molecular flexibility index (Phi) is 3.14. The summed E-state index contributed by atoms with van der Waals surface area (Å²) in [6.07, 6.45) is 1.23. The van der Waals surface area contributed by atoms with Gasteiger partial charge in [0.05, 0.1) is 17.2 Å². The second kappa shape index (κ2) is 4.21. The molecule has 0 spiro atoms. The first kappa shape index (κ1) is 10.5. The van der Waals surface area contributed by atoms with Gasteiger partial charge in [0.1, 0.15) is 5.75 Å². The van der Waals surface area contributed by atoms with Crippen molar-refractivity contribution in [3.63, 3.8) is 0 Å². The zero-order chi connectivity index (χ0) is 10.1. The molecule has 0 bridgehead atoms. The molecule has 0 saturated heterocycles. The Bertz CT molecular complexity index is 352. The lowest BCUT2D eigenvalue weighted by Gasteiger charge is -2.12. The van der Waals surface area contributed by atoms with E-state index in [1.54, 1.807) is 0 Å². The monoisotopic (exact) mass is 320 g/mol. The third-order valence-corrected chi connectivity index (χ3v) is 3.31. The predicted octanol–water partition coefficient (Wildman–Crippen LogP) is 3.42. The molecule has 1 aromatic rings. The number of ether oxygens (including phenoxy) is 1. The fraction of sp³-hybridized carbons (Fsp3) is 0.400. The maximum absolute atomic E-state index is 9.87. The molecule has 1 heterocycles. The van der Waals surface area contributed by atoms with Crippen molar-refractivity contribution in [3.05, 3.63) is 26.6 Å². The topological polar surface area (TPSA) is 29.5 Å². The Labute approximate surface area is 99.5 Å². The number of halogens is 2. The van der Waals surface area contributed by atoms with Gasteiger partial charge in [0.25, 0.3) is 0 Å². The Morgan fingerprint density at radius 2 is 2.14 bits per heavy atom.